The van der Waals surface area contributed by atoms with Gasteiger partial charge in [0.2, 0.25) is 0 Å². The standard InChI is InChI=1S/C14H21NO4/c1-8-10(12(16)18-6)7-11(9(2)15-8)13(17)19-14(3,4)5/h15H,7H2,1-6H3. The zero-order chi connectivity index (χ0) is 14.8. The van der Waals surface area contributed by atoms with Gasteiger partial charge in [-0.25, -0.2) is 9.59 Å². The van der Waals surface area contributed by atoms with Crippen molar-refractivity contribution in [2.24, 2.45) is 0 Å². The number of allylic oxidation sites excluding steroid dienone is 2. The molecule has 0 bridgehead atoms. The molecule has 0 aromatic heterocycles. The summed E-state index contributed by atoms with van der Waals surface area (Å²) in [6.07, 6.45) is 0.228. The Hall–Kier alpha value is -1.78. The Morgan fingerprint density at radius 2 is 1.53 bits per heavy atom. The molecule has 0 saturated heterocycles. The molecule has 1 heterocycles. The van der Waals surface area contributed by atoms with E-state index in [2.05, 4.69) is 5.32 Å². The number of ether oxygens (including phenoxy) is 2. The van der Waals surface area contributed by atoms with Crippen molar-refractivity contribution in [3.63, 3.8) is 0 Å². The monoisotopic (exact) mass is 267 g/mol. The summed E-state index contributed by atoms with van der Waals surface area (Å²) in [5.74, 6) is -0.843. The molecule has 0 fully saturated rings. The highest BCUT2D eigenvalue weighted by Crippen LogP contribution is 2.25. The largest absolute Gasteiger partial charge is 0.466 e. The SMILES string of the molecule is COC(=O)C1=C(C)NC(C)=C(C(=O)OC(C)(C)C)C1. The maximum absolute atomic E-state index is 12.1. The zero-order valence-corrected chi connectivity index (χ0v) is 12.3. The Morgan fingerprint density at radius 3 is 1.95 bits per heavy atom. The molecule has 0 spiro atoms. The van der Waals surface area contributed by atoms with Gasteiger partial charge in [-0.1, -0.05) is 0 Å². The molecule has 0 unspecified atom stereocenters. The third kappa shape index (κ3) is 3.84. The van der Waals surface area contributed by atoms with Gasteiger partial charge in [0, 0.05) is 17.8 Å². The molecule has 1 aliphatic rings. The second kappa shape index (κ2) is 5.47. The summed E-state index contributed by atoms with van der Waals surface area (Å²) >= 11 is 0. The van der Waals surface area contributed by atoms with Crippen molar-refractivity contribution in [3.8, 4) is 0 Å². The second-order valence-corrected chi connectivity index (χ2v) is 5.50. The number of rotatable bonds is 2. The number of hydrogen-bond acceptors (Lipinski definition) is 5. The number of carbonyl (C=O) groups is 2. The Bertz CT molecular complexity index is 466. The van der Waals surface area contributed by atoms with E-state index in [1.165, 1.54) is 7.11 Å². The number of carbonyl (C=O) groups excluding carboxylic acids is 2. The topological polar surface area (TPSA) is 64.6 Å². The lowest BCUT2D eigenvalue weighted by Crippen LogP contribution is -2.30. The number of hydrogen-bond donors (Lipinski definition) is 1. The lowest BCUT2D eigenvalue weighted by Gasteiger charge is -2.25. The number of nitrogens with one attached hydrogen (secondary N) is 1. The van der Waals surface area contributed by atoms with Crippen LogP contribution in [0.5, 0.6) is 0 Å². The highest BCUT2D eigenvalue weighted by atomic mass is 16.6. The van der Waals surface area contributed by atoms with E-state index >= 15 is 0 Å². The summed E-state index contributed by atoms with van der Waals surface area (Å²) in [4.78, 5) is 23.7. The molecule has 0 radical (unpaired) electrons. The predicted octanol–water partition coefficient (Wildman–Crippen LogP) is 2.04. The van der Waals surface area contributed by atoms with E-state index in [1.807, 2.05) is 0 Å². The highest BCUT2D eigenvalue weighted by Gasteiger charge is 2.28. The van der Waals surface area contributed by atoms with Crippen molar-refractivity contribution in [1.29, 1.82) is 0 Å². The average Bonchev–Trinajstić information content (AvgIpc) is 2.25. The zero-order valence-electron chi connectivity index (χ0n) is 12.3. The molecule has 0 atom stereocenters. The minimum Gasteiger partial charge on any atom is -0.466 e. The molecule has 5 heteroatoms. The molecule has 5 nitrogen and oxygen atoms in total. The Morgan fingerprint density at radius 1 is 1.05 bits per heavy atom. The summed E-state index contributed by atoms with van der Waals surface area (Å²) in [5.41, 5.74) is 1.76. The normalized spacial score (nSPS) is 16.1. The molecule has 0 aromatic rings. The van der Waals surface area contributed by atoms with Crippen molar-refractivity contribution < 1.29 is 19.1 Å². The van der Waals surface area contributed by atoms with E-state index in [0.29, 0.717) is 22.5 Å². The molecular formula is C14H21NO4. The van der Waals surface area contributed by atoms with Crippen LogP contribution in [0.2, 0.25) is 0 Å². The third-order valence-electron chi connectivity index (χ3n) is 2.71. The first kappa shape index (κ1) is 15.3. The van der Waals surface area contributed by atoms with Gasteiger partial charge in [-0.15, -0.1) is 0 Å². The van der Waals surface area contributed by atoms with Crippen LogP contribution in [-0.2, 0) is 19.1 Å². The predicted molar refractivity (Wildman–Crippen MR) is 71.0 cm³/mol. The van der Waals surface area contributed by atoms with Crippen LogP contribution in [0.1, 0.15) is 41.0 Å². The lowest BCUT2D eigenvalue weighted by molar-refractivity contribution is -0.150. The highest BCUT2D eigenvalue weighted by molar-refractivity contribution is 5.96. The third-order valence-corrected chi connectivity index (χ3v) is 2.71. The van der Waals surface area contributed by atoms with Crippen LogP contribution in [-0.4, -0.2) is 24.6 Å². The second-order valence-electron chi connectivity index (χ2n) is 5.50. The molecule has 0 aromatic carbocycles. The van der Waals surface area contributed by atoms with Crippen LogP contribution >= 0.6 is 0 Å². The summed E-state index contributed by atoms with van der Waals surface area (Å²) in [6.45, 7) is 8.98. The van der Waals surface area contributed by atoms with Crippen molar-refractivity contribution in [1.82, 2.24) is 5.32 Å². The van der Waals surface area contributed by atoms with Gasteiger partial charge < -0.3 is 14.8 Å². The van der Waals surface area contributed by atoms with E-state index in [4.69, 9.17) is 9.47 Å². The smallest absolute Gasteiger partial charge is 0.336 e. The first-order chi connectivity index (χ1) is 8.65. The van der Waals surface area contributed by atoms with Crippen molar-refractivity contribution >= 4 is 11.9 Å². The van der Waals surface area contributed by atoms with Crippen molar-refractivity contribution in [2.75, 3.05) is 7.11 Å². The maximum atomic E-state index is 12.1. The van der Waals surface area contributed by atoms with Gasteiger partial charge in [-0.2, -0.15) is 0 Å². The molecule has 1 N–H and O–H groups in total. The quantitative estimate of drug-likeness (QED) is 0.776. The first-order valence-electron chi connectivity index (χ1n) is 6.14. The molecule has 19 heavy (non-hydrogen) atoms. The van der Waals surface area contributed by atoms with Crippen molar-refractivity contribution in [2.45, 2.75) is 46.6 Å². The van der Waals surface area contributed by atoms with Gasteiger partial charge in [-0.3, -0.25) is 0 Å². The minimum atomic E-state index is -0.563. The maximum Gasteiger partial charge on any atom is 0.336 e. The molecule has 0 aliphatic carbocycles. The Balaban J connectivity index is 2.95. The van der Waals surface area contributed by atoms with E-state index in [0.717, 1.165) is 0 Å². The van der Waals surface area contributed by atoms with Gasteiger partial charge in [0.05, 0.1) is 18.3 Å². The molecule has 1 rings (SSSR count). The fourth-order valence-electron chi connectivity index (χ4n) is 1.79. The molecule has 0 amide bonds. The van der Waals surface area contributed by atoms with Crippen LogP contribution in [0.25, 0.3) is 0 Å². The molecule has 1 aliphatic heterocycles. The fourth-order valence-corrected chi connectivity index (χ4v) is 1.79. The minimum absolute atomic E-state index is 0.228. The summed E-state index contributed by atoms with van der Waals surface area (Å²) in [6, 6.07) is 0. The van der Waals surface area contributed by atoms with Gasteiger partial charge in [0.15, 0.2) is 0 Å². The number of dihydropyridines is 1. The van der Waals surface area contributed by atoms with Crippen molar-refractivity contribution in [3.05, 3.63) is 22.5 Å². The molecular weight excluding hydrogens is 246 g/mol. The summed E-state index contributed by atoms with van der Waals surface area (Å²) in [7, 11) is 1.32. The Kier molecular flexibility index (Phi) is 4.39. The van der Waals surface area contributed by atoms with Gasteiger partial charge in [0.25, 0.3) is 0 Å². The van der Waals surface area contributed by atoms with Crippen LogP contribution in [0.15, 0.2) is 22.5 Å². The Labute approximate surface area is 113 Å². The number of esters is 2. The van der Waals surface area contributed by atoms with E-state index < -0.39 is 17.5 Å². The van der Waals surface area contributed by atoms with Crippen LogP contribution < -0.4 is 5.32 Å². The van der Waals surface area contributed by atoms with Crippen LogP contribution in [0.4, 0.5) is 0 Å². The van der Waals surface area contributed by atoms with Gasteiger partial charge in [0.1, 0.15) is 5.60 Å². The van der Waals surface area contributed by atoms with Crippen LogP contribution in [0.3, 0.4) is 0 Å². The van der Waals surface area contributed by atoms with Gasteiger partial charge in [-0.05, 0) is 34.6 Å². The molecule has 0 saturated carbocycles. The fraction of sp³-hybridized carbons (Fsp3) is 0.571. The average molecular weight is 267 g/mol. The lowest BCUT2D eigenvalue weighted by atomic mass is 9.98. The van der Waals surface area contributed by atoms with Crippen LogP contribution in [0, 0.1) is 0 Å². The number of methoxy groups -OCH3 is 1. The first-order valence-corrected chi connectivity index (χ1v) is 6.14. The summed E-state index contributed by atoms with van der Waals surface area (Å²) < 4.78 is 10.0. The van der Waals surface area contributed by atoms with E-state index in [-0.39, 0.29) is 6.42 Å². The molecule has 106 valence electrons. The van der Waals surface area contributed by atoms with E-state index in [1.54, 1.807) is 34.6 Å². The summed E-state index contributed by atoms with van der Waals surface area (Å²) in [5, 5.41) is 3.02. The van der Waals surface area contributed by atoms with E-state index in [9.17, 15) is 9.59 Å². The van der Waals surface area contributed by atoms with Gasteiger partial charge >= 0.3 is 11.9 Å².